The Labute approximate surface area is 114 Å². The average molecular weight is 266 g/mol. The van der Waals surface area contributed by atoms with E-state index in [1.54, 1.807) is 18.2 Å². The van der Waals surface area contributed by atoms with Crippen molar-refractivity contribution in [3.63, 3.8) is 0 Å². The lowest BCUT2D eigenvalue weighted by atomic mass is 9.97. The molecule has 0 aliphatic rings. The number of aliphatic hydroxyl groups is 1. The largest absolute Gasteiger partial charge is 0.396 e. The molecule has 1 N–H and O–H groups in total. The van der Waals surface area contributed by atoms with Crippen LogP contribution in [0.5, 0.6) is 0 Å². The highest BCUT2D eigenvalue weighted by Gasteiger charge is 2.09. The second-order valence-corrected chi connectivity index (χ2v) is 4.02. The summed E-state index contributed by atoms with van der Waals surface area (Å²) >= 11 is 0. The minimum absolute atomic E-state index is 0.128. The van der Waals surface area contributed by atoms with Crippen molar-refractivity contribution in [1.29, 1.82) is 0 Å². The van der Waals surface area contributed by atoms with E-state index in [9.17, 15) is 9.59 Å². The Bertz CT molecular complexity index is 387. The Hall–Kier alpha value is -1.68. The number of hydrogen-bond acceptors (Lipinski definition) is 4. The van der Waals surface area contributed by atoms with E-state index >= 15 is 0 Å². The molecule has 19 heavy (non-hydrogen) atoms. The maximum Gasteiger partial charge on any atom is 0.345 e. The zero-order valence-corrected chi connectivity index (χ0v) is 11.8. The summed E-state index contributed by atoms with van der Waals surface area (Å²) in [5.74, 6) is -0.297. The Balaban J connectivity index is 0.00000154. The van der Waals surface area contributed by atoms with Crippen LogP contribution < -0.4 is 0 Å². The van der Waals surface area contributed by atoms with E-state index in [1.165, 1.54) is 0 Å². The summed E-state index contributed by atoms with van der Waals surface area (Å²) in [5, 5.41) is 8.81. The van der Waals surface area contributed by atoms with Gasteiger partial charge >= 0.3 is 12.4 Å². The normalized spacial score (nSPS) is 10.9. The van der Waals surface area contributed by atoms with Gasteiger partial charge in [-0.15, -0.1) is 0 Å². The number of esters is 1. The van der Waals surface area contributed by atoms with E-state index in [0.29, 0.717) is 11.5 Å². The molecule has 0 fully saturated rings. The van der Waals surface area contributed by atoms with Crippen LogP contribution in [-0.2, 0) is 16.0 Å². The van der Waals surface area contributed by atoms with Gasteiger partial charge in [-0.1, -0.05) is 32.9 Å². The molecular formula is C15H22O4. The molecule has 0 radical (unpaired) electrons. The van der Waals surface area contributed by atoms with Crippen molar-refractivity contribution >= 4 is 12.4 Å². The fourth-order valence-corrected chi connectivity index (χ4v) is 1.66. The van der Waals surface area contributed by atoms with E-state index in [4.69, 9.17) is 5.11 Å². The first-order valence-corrected chi connectivity index (χ1v) is 6.51. The van der Waals surface area contributed by atoms with E-state index in [1.807, 2.05) is 26.8 Å². The first-order chi connectivity index (χ1) is 9.17. The molecule has 0 aromatic heterocycles. The third-order valence-electron chi connectivity index (χ3n) is 2.52. The highest BCUT2D eigenvalue weighted by Crippen LogP contribution is 2.13. The first kappa shape index (κ1) is 17.3. The van der Waals surface area contributed by atoms with Gasteiger partial charge in [-0.3, -0.25) is 4.79 Å². The maximum absolute atomic E-state index is 11.3. The second kappa shape index (κ2) is 10.3. The lowest BCUT2D eigenvalue weighted by Gasteiger charge is -2.10. The third kappa shape index (κ3) is 6.72. The minimum atomic E-state index is -0.642. The summed E-state index contributed by atoms with van der Waals surface area (Å²) in [6.07, 6.45) is 1.51. The van der Waals surface area contributed by atoms with Crippen LogP contribution in [0.3, 0.4) is 0 Å². The predicted octanol–water partition coefficient (Wildman–Crippen LogP) is 2.59. The molecule has 0 spiro atoms. The van der Waals surface area contributed by atoms with Crippen molar-refractivity contribution in [3.05, 3.63) is 35.4 Å². The molecule has 0 amide bonds. The molecule has 1 aromatic carbocycles. The molecule has 106 valence electrons. The molecule has 1 atom stereocenters. The minimum Gasteiger partial charge on any atom is -0.396 e. The number of carbonyl (C=O) groups is 2. The summed E-state index contributed by atoms with van der Waals surface area (Å²) in [4.78, 5) is 21.4. The van der Waals surface area contributed by atoms with Crippen molar-refractivity contribution in [2.24, 2.45) is 5.92 Å². The number of rotatable bonds is 6. The van der Waals surface area contributed by atoms with Gasteiger partial charge in [0.2, 0.25) is 0 Å². The smallest absolute Gasteiger partial charge is 0.345 e. The molecular weight excluding hydrogens is 244 g/mol. The fourth-order valence-electron chi connectivity index (χ4n) is 1.66. The Morgan fingerprint density at radius 3 is 2.68 bits per heavy atom. The van der Waals surface area contributed by atoms with E-state index < -0.39 is 5.97 Å². The molecule has 1 unspecified atom stereocenters. The van der Waals surface area contributed by atoms with Crippen LogP contribution in [0.2, 0.25) is 0 Å². The van der Waals surface area contributed by atoms with Gasteiger partial charge < -0.3 is 9.84 Å². The Kier molecular flexibility index (Phi) is 9.35. The number of benzene rings is 1. The van der Waals surface area contributed by atoms with Crippen LogP contribution in [-0.4, -0.2) is 24.2 Å². The van der Waals surface area contributed by atoms with Crippen molar-refractivity contribution in [2.75, 3.05) is 6.61 Å². The standard InChI is InChI=1S/C13H16O4.C2H6/c1-10(5-6-14)7-11-3-2-4-12(8-11)13(16)17-9-15;1-2/h2-4,8-10,14H,5-7H2,1H3;1-2H3. The molecule has 1 rings (SSSR count). The van der Waals surface area contributed by atoms with Crippen molar-refractivity contribution in [2.45, 2.75) is 33.6 Å². The molecule has 0 saturated heterocycles. The molecule has 0 saturated carbocycles. The molecule has 0 heterocycles. The summed E-state index contributed by atoms with van der Waals surface area (Å²) in [7, 11) is 0. The predicted molar refractivity (Wildman–Crippen MR) is 73.8 cm³/mol. The summed E-state index contributed by atoms with van der Waals surface area (Å²) in [5.41, 5.74) is 1.36. The van der Waals surface area contributed by atoms with Gasteiger partial charge in [0.05, 0.1) is 5.56 Å². The number of aliphatic hydroxyl groups excluding tert-OH is 1. The van der Waals surface area contributed by atoms with Crippen LogP contribution >= 0.6 is 0 Å². The Morgan fingerprint density at radius 1 is 1.42 bits per heavy atom. The van der Waals surface area contributed by atoms with Crippen LogP contribution in [0.1, 0.15) is 43.1 Å². The number of ether oxygens (including phenoxy) is 1. The van der Waals surface area contributed by atoms with Gasteiger partial charge in [0, 0.05) is 6.61 Å². The zero-order valence-electron chi connectivity index (χ0n) is 11.8. The SMILES string of the molecule is CC.CC(CCO)Cc1cccc(C(=O)OC=O)c1. The van der Waals surface area contributed by atoms with Crippen molar-refractivity contribution < 1.29 is 19.4 Å². The van der Waals surface area contributed by atoms with E-state index in [0.717, 1.165) is 18.4 Å². The summed E-state index contributed by atoms with van der Waals surface area (Å²) in [6.45, 7) is 6.32. The quantitative estimate of drug-likeness (QED) is 0.488. The monoisotopic (exact) mass is 266 g/mol. The molecule has 0 bridgehead atoms. The second-order valence-electron chi connectivity index (χ2n) is 4.02. The van der Waals surface area contributed by atoms with E-state index in [2.05, 4.69) is 4.74 Å². The van der Waals surface area contributed by atoms with Gasteiger partial charge in [-0.05, 0) is 36.5 Å². The summed E-state index contributed by atoms with van der Waals surface area (Å²) in [6, 6.07) is 6.97. The lowest BCUT2D eigenvalue weighted by molar-refractivity contribution is -0.123. The van der Waals surface area contributed by atoms with Gasteiger partial charge in [0.15, 0.2) is 0 Å². The van der Waals surface area contributed by atoms with Gasteiger partial charge in [0.1, 0.15) is 0 Å². The molecule has 0 aliphatic heterocycles. The van der Waals surface area contributed by atoms with Crippen molar-refractivity contribution in [1.82, 2.24) is 0 Å². The Morgan fingerprint density at radius 2 is 2.11 bits per heavy atom. The van der Waals surface area contributed by atoms with Crippen molar-refractivity contribution in [3.8, 4) is 0 Å². The molecule has 0 aliphatic carbocycles. The average Bonchev–Trinajstić information content (AvgIpc) is 2.42. The molecule has 1 aromatic rings. The molecule has 4 nitrogen and oxygen atoms in total. The van der Waals surface area contributed by atoms with Crippen LogP contribution in [0.15, 0.2) is 24.3 Å². The van der Waals surface area contributed by atoms with Gasteiger partial charge in [-0.2, -0.15) is 0 Å². The van der Waals surface area contributed by atoms with Crippen LogP contribution in [0.4, 0.5) is 0 Å². The summed E-state index contributed by atoms with van der Waals surface area (Å²) < 4.78 is 4.28. The topological polar surface area (TPSA) is 63.6 Å². The van der Waals surface area contributed by atoms with Gasteiger partial charge in [0.25, 0.3) is 0 Å². The third-order valence-corrected chi connectivity index (χ3v) is 2.52. The van der Waals surface area contributed by atoms with E-state index in [-0.39, 0.29) is 13.1 Å². The zero-order chi connectivity index (χ0) is 14.7. The maximum atomic E-state index is 11.3. The first-order valence-electron chi connectivity index (χ1n) is 6.51. The number of hydrogen-bond donors (Lipinski definition) is 1. The van der Waals surface area contributed by atoms with Gasteiger partial charge in [-0.25, -0.2) is 4.79 Å². The molecule has 4 heteroatoms. The lowest BCUT2D eigenvalue weighted by Crippen LogP contribution is -2.06. The highest BCUT2D eigenvalue weighted by atomic mass is 16.6. The van der Waals surface area contributed by atoms with Crippen LogP contribution in [0.25, 0.3) is 0 Å². The fraction of sp³-hybridized carbons (Fsp3) is 0.467. The number of carbonyl (C=O) groups excluding carboxylic acids is 2. The highest BCUT2D eigenvalue weighted by molar-refractivity contribution is 5.93. The van der Waals surface area contributed by atoms with Crippen LogP contribution in [0, 0.1) is 5.92 Å².